The third-order valence-corrected chi connectivity index (χ3v) is 2.74. The Hall–Kier alpha value is -2.50. The van der Waals surface area contributed by atoms with E-state index < -0.39 is 17.9 Å². The first-order chi connectivity index (χ1) is 9.60. The molecule has 1 aromatic carbocycles. The molecule has 1 unspecified atom stereocenters. The van der Waals surface area contributed by atoms with Crippen LogP contribution in [0.4, 0.5) is 0 Å². The number of nitrogens with one attached hydrogen (secondary N) is 1. The van der Waals surface area contributed by atoms with Crippen LogP contribution in [0.3, 0.4) is 0 Å². The van der Waals surface area contributed by atoms with E-state index in [0.717, 1.165) is 11.3 Å². The molecule has 0 radical (unpaired) electrons. The summed E-state index contributed by atoms with van der Waals surface area (Å²) in [4.78, 5) is 22.6. The van der Waals surface area contributed by atoms with Crippen LogP contribution in [0.1, 0.15) is 12.5 Å². The highest BCUT2D eigenvalue weighted by atomic mass is 16.5. The van der Waals surface area contributed by atoms with Gasteiger partial charge in [0.15, 0.2) is 0 Å². The number of benzene rings is 1. The number of amides is 1. The summed E-state index contributed by atoms with van der Waals surface area (Å²) in [5.74, 6) is -0.719. The van der Waals surface area contributed by atoms with Gasteiger partial charge in [-0.05, 0) is 24.6 Å². The number of carbonyl (C=O) groups is 2. The number of hydrogen-bond donors (Lipinski definition) is 2. The Morgan fingerprint density at radius 1 is 1.35 bits per heavy atom. The van der Waals surface area contributed by atoms with Crippen molar-refractivity contribution in [2.45, 2.75) is 19.4 Å². The monoisotopic (exact) mass is 277 g/mol. The van der Waals surface area contributed by atoms with Crippen molar-refractivity contribution in [2.24, 2.45) is 0 Å². The molecule has 1 aliphatic rings. The quantitative estimate of drug-likeness (QED) is 0.778. The Labute approximate surface area is 116 Å². The highest BCUT2D eigenvalue weighted by Crippen LogP contribution is 2.15. The van der Waals surface area contributed by atoms with E-state index in [0.29, 0.717) is 6.61 Å². The maximum atomic E-state index is 11.5. The van der Waals surface area contributed by atoms with Gasteiger partial charge in [0.05, 0.1) is 6.61 Å². The van der Waals surface area contributed by atoms with Crippen molar-refractivity contribution in [3.05, 3.63) is 41.9 Å². The lowest BCUT2D eigenvalue weighted by Crippen LogP contribution is -2.42. The molecule has 0 aliphatic carbocycles. The van der Waals surface area contributed by atoms with E-state index in [2.05, 4.69) is 10.1 Å². The average molecular weight is 277 g/mol. The molecule has 1 aliphatic heterocycles. The van der Waals surface area contributed by atoms with Crippen molar-refractivity contribution >= 4 is 11.9 Å². The van der Waals surface area contributed by atoms with Crippen LogP contribution in [0.15, 0.2) is 36.3 Å². The molecule has 106 valence electrons. The number of carbonyl (C=O) groups excluding carboxylic acids is 1. The number of carboxylic acid groups (broad SMARTS) is 1. The van der Waals surface area contributed by atoms with Gasteiger partial charge < -0.3 is 19.9 Å². The Kier molecular flexibility index (Phi) is 4.24. The van der Waals surface area contributed by atoms with Gasteiger partial charge in [-0.2, -0.15) is 0 Å². The topological polar surface area (TPSA) is 88.2 Å². The Bertz CT molecular complexity index is 535. The summed E-state index contributed by atoms with van der Waals surface area (Å²) in [6, 6.07) is 6.10. The van der Waals surface area contributed by atoms with Gasteiger partial charge in [-0.25, -0.2) is 4.79 Å². The fourth-order valence-corrected chi connectivity index (χ4v) is 1.69. The fourth-order valence-electron chi connectivity index (χ4n) is 1.69. The molecule has 20 heavy (non-hydrogen) atoms. The van der Waals surface area contributed by atoms with Crippen molar-refractivity contribution in [1.29, 1.82) is 0 Å². The van der Waals surface area contributed by atoms with Crippen molar-refractivity contribution in [2.75, 3.05) is 6.61 Å². The Morgan fingerprint density at radius 3 is 2.50 bits per heavy atom. The molecule has 1 atom stereocenters. The van der Waals surface area contributed by atoms with E-state index in [1.165, 1.54) is 6.26 Å². The minimum Gasteiger partial charge on any atom is -0.494 e. The minimum atomic E-state index is -1.09. The normalized spacial score (nSPS) is 13.8. The first-order valence-electron chi connectivity index (χ1n) is 6.22. The SMILES string of the molecule is CCOc1ccc(CC(NC(=O)C2=CO2)C(=O)O)cc1. The molecule has 0 bridgehead atoms. The van der Waals surface area contributed by atoms with Gasteiger partial charge in [-0.3, -0.25) is 4.79 Å². The van der Waals surface area contributed by atoms with E-state index in [-0.39, 0.29) is 12.2 Å². The van der Waals surface area contributed by atoms with Crippen molar-refractivity contribution in [1.82, 2.24) is 5.32 Å². The van der Waals surface area contributed by atoms with Crippen LogP contribution in [-0.2, 0) is 20.7 Å². The molecular formula is C14H15NO5. The van der Waals surface area contributed by atoms with Gasteiger partial charge in [-0.15, -0.1) is 0 Å². The molecule has 2 N–H and O–H groups in total. The van der Waals surface area contributed by atoms with Crippen molar-refractivity contribution in [3.8, 4) is 5.75 Å². The predicted molar refractivity (Wildman–Crippen MR) is 70.0 cm³/mol. The lowest BCUT2D eigenvalue weighted by atomic mass is 10.1. The Morgan fingerprint density at radius 2 is 2.00 bits per heavy atom. The van der Waals surface area contributed by atoms with E-state index in [1.54, 1.807) is 24.3 Å². The van der Waals surface area contributed by atoms with Crippen LogP contribution in [0.25, 0.3) is 0 Å². The molecular weight excluding hydrogens is 262 g/mol. The summed E-state index contributed by atoms with van der Waals surface area (Å²) in [5.41, 5.74) is 0.798. The van der Waals surface area contributed by atoms with E-state index >= 15 is 0 Å². The summed E-state index contributed by atoms with van der Waals surface area (Å²) in [6.45, 7) is 2.46. The molecule has 0 saturated heterocycles. The first-order valence-corrected chi connectivity index (χ1v) is 6.22. The van der Waals surface area contributed by atoms with Gasteiger partial charge in [0.25, 0.3) is 5.91 Å². The van der Waals surface area contributed by atoms with Gasteiger partial charge >= 0.3 is 5.97 Å². The largest absolute Gasteiger partial charge is 0.494 e. The summed E-state index contributed by atoms with van der Waals surface area (Å²) in [6.07, 6.45) is 1.46. The van der Waals surface area contributed by atoms with Crippen LogP contribution in [0, 0.1) is 0 Å². The maximum absolute atomic E-state index is 11.5. The second-order valence-electron chi connectivity index (χ2n) is 4.25. The fraction of sp³-hybridized carbons (Fsp3) is 0.286. The third kappa shape index (κ3) is 3.74. The van der Waals surface area contributed by atoms with Crippen LogP contribution in [0.5, 0.6) is 5.75 Å². The standard InChI is InChI=1S/C14H15NO5/c1-2-19-10-5-3-9(4-6-10)7-11(14(17)18)15-13(16)12-8-20-12/h3-6,8,11H,2,7H2,1H3,(H,15,16)(H,17,18). The first kappa shape index (κ1) is 13.9. The lowest BCUT2D eigenvalue weighted by Gasteiger charge is -2.13. The van der Waals surface area contributed by atoms with E-state index in [9.17, 15) is 9.59 Å². The lowest BCUT2D eigenvalue weighted by molar-refractivity contribution is -0.141. The molecule has 1 amide bonds. The predicted octanol–water partition coefficient (Wildman–Crippen LogP) is 1.07. The summed E-state index contributed by atoms with van der Waals surface area (Å²) < 4.78 is 9.92. The zero-order valence-corrected chi connectivity index (χ0v) is 11.0. The average Bonchev–Trinajstić information content (AvgIpc) is 3.24. The smallest absolute Gasteiger partial charge is 0.326 e. The summed E-state index contributed by atoms with van der Waals surface area (Å²) in [5, 5.41) is 11.5. The number of ether oxygens (including phenoxy) is 2. The molecule has 6 nitrogen and oxygen atoms in total. The van der Waals surface area contributed by atoms with Crippen LogP contribution in [0.2, 0.25) is 0 Å². The van der Waals surface area contributed by atoms with Gasteiger partial charge in [-0.1, -0.05) is 12.1 Å². The summed E-state index contributed by atoms with van der Waals surface area (Å²) in [7, 11) is 0. The molecule has 1 aromatic rings. The third-order valence-electron chi connectivity index (χ3n) is 2.74. The highest BCUT2D eigenvalue weighted by molar-refractivity contribution is 5.96. The minimum absolute atomic E-state index is 0.156. The molecule has 6 heteroatoms. The van der Waals surface area contributed by atoms with Gasteiger partial charge in [0.1, 0.15) is 18.1 Å². The molecule has 0 fully saturated rings. The van der Waals surface area contributed by atoms with Gasteiger partial charge in [0, 0.05) is 6.42 Å². The number of rotatable bonds is 7. The summed E-state index contributed by atoms with van der Waals surface area (Å²) >= 11 is 0. The second kappa shape index (κ2) is 6.10. The zero-order valence-electron chi connectivity index (χ0n) is 11.0. The number of hydrogen-bond acceptors (Lipinski definition) is 4. The maximum Gasteiger partial charge on any atom is 0.326 e. The molecule has 0 saturated carbocycles. The van der Waals surface area contributed by atoms with E-state index in [4.69, 9.17) is 9.84 Å². The van der Waals surface area contributed by atoms with Gasteiger partial charge in [0.2, 0.25) is 5.76 Å². The molecule has 1 heterocycles. The van der Waals surface area contributed by atoms with Crippen molar-refractivity contribution < 1.29 is 24.2 Å². The number of carboxylic acids is 1. The zero-order chi connectivity index (χ0) is 14.5. The van der Waals surface area contributed by atoms with E-state index in [1.807, 2.05) is 6.92 Å². The van der Waals surface area contributed by atoms with Crippen molar-refractivity contribution in [3.63, 3.8) is 0 Å². The molecule has 2 rings (SSSR count). The molecule has 0 spiro atoms. The Balaban J connectivity index is 1.98. The van der Waals surface area contributed by atoms with Crippen LogP contribution >= 0.6 is 0 Å². The van der Waals surface area contributed by atoms with Crippen LogP contribution in [-0.4, -0.2) is 29.6 Å². The molecule has 0 aromatic heterocycles. The second-order valence-corrected chi connectivity index (χ2v) is 4.25. The van der Waals surface area contributed by atoms with Crippen LogP contribution < -0.4 is 10.1 Å². The number of aliphatic carboxylic acids is 1. The highest BCUT2D eigenvalue weighted by Gasteiger charge is 2.27.